The molecule has 0 amide bonds. The van der Waals surface area contributed by atoms with Crippen molar-refractivity contribution in [3.05, 3.63) is 28.8 Å². The molecule has 88 valence electrons. The molecule has 1 aliphatic rings. The minimum atomic E-state index is 0.647. The van der Waals surface area contributed by atoms with E-state index in [1.165, 1.54) is 24.1 Å². The Morgan fingerprint density at radius 1 is 1.44 bits per heavy atom. The SMILES string of the molecule is CN(CC1CC1)c1cccc(Cl)c1CCN. The zero-order valence-corrected chi connectivity index (χ0v) is 10.5. The number of hydrogen-bond donors (Lipinski definition) is 1. The summed E-state index contributed by atoms with van der Waals surface area (Å²) in [5.74, 6) is 0.884. The highest BCUT2D eigenvalue weighted by Gasteiger charge is 2.23. The Bertz CT molecular complexity index is 361. The number of benzene rings is 1. The molecule has 0 unspecified atom stereocenters. The summed E-state index contributed by atoms with van der Waals surface area (Å²) in [7, 11) is 2.14. The Hall–Kier alpha value is -0.730. The minimum absolute atomic E-state index is 0.647. The molecule has 0 heterocycles. The predicted octanol–water partition coefficient (Wildman–Crippen LogP) is 2.69. The molecule has 0 spiro atoms. The standard InChI is InChI=1S/C13H19ClN2/c1-16(9-10-5-6-10)13-4-2-3-12(14)11(13)7-8-15/h2-4,10H,5-9,15H2,1H3. The Labute approximate surface area is 102 Å². The third-order valence-corrected chi connectivity index (χ3v) is 3.48. The van der Waals surface area contributed by atoms with Crippen molar-refractivity contribution in [2.45, 2.75) is 19.3 Å². The van der Waals surface area contributed by atoms with Crippen LogP contribution in [0.15, 0.2) is 18.2 Å². The largest absolute Gasteiger partial charge is 0.374 e. The van der Waals surface area contributed by atoms with Crippen molar-refractivity contribution >= 4 is 17.3 Å². The van der Waals surface area contributed by atoms with E-state index in [1.807, 2.05) is 12.1 Å². The molecule has 0 atom stereocenters. The third kappa shape index (κ3) is 2.69. The molecule has 1 aliphatic carbocycles. The summed E-state index contributed by atoms with van der Waals surface area (Å²) in [6.07, 6.45) is 3.60. The molecule has 0 aliphatic heterocycles. The van der Waals surface area contributed by atoms with Gasteiger partial charge in [0.2, 0.25) is 0 Å². The smallest absolute Gasteiger partial charge is 0.0459 e. The van der Waals surface area contributed by atoms with Gasteiger partial charge in [0, 0.05) is 24.3 Å². The fourth-order valence-electron chi connectivity index (χ4n) is 2.08. The Kier molecular flexibility index (Phi) is 3.72. The van der Waals surface area contributed by atoms with Crippen LogP contribution in [0.25, 0.3) is 0 Å². The topological polar surface area (TPSA) is 29.3 Å². The van der Waals surface area contributed by atoms with Gasteiger partial charge in [0.05, 0.1) is 0 Å². The fraction of sp³-hybridized carbons (Fsp3) is 0.538. The minimum Gasteiger partial charge on any atom is -0.374 e. The number of rotatable bonds is 5. The quantitative estimate of drug-likeness (QED) is 0.855. The van der Waals surface area contributed by atoms with E-state index in [-0.39, 0.29) is 0 Å². The molecule has 16 heavy (non-hydrogen) atoms. The number of halogens is 1. The normalized spacial score (nSPS) is 15.2. The van der Waals surface area contributed by atoms with Gasteiger partial charge in [-0.3, -0.25) is 0 Å². The van der Waals surface area contributed by atoms with Crippen LogP contribution in [0.5, 0.6) is 0 Å². The molecule has 0 saturated heterocycles. The first-order valence-corrected chi connectivity index (χ1v) is 6.28. The van der Waals surface area contributed by atoms with E-state index < -0.39 is 0 Å². The second-order valence-corrected chi connectivity index (χ2v) is 5.01. The average molecular weight is 239 g/mol. The Morgan fingerprint density at radius 2 is 2.19 bits per heavy atom. The number of anilines is 1. The van der Waals surface area contributed by atoms with Crippen molar-refractivity contribution in [1.29, 1.82) is 0 Å². The molecule has 2 nitrogen and oxygen atoms in total. The van der Waals surface area contributed by atoms with Gasteiger partial charge in [-0.25, -0.2) is 0 Å². The lowest BCUT2D eigenvalue weighted by molar-refractivity contribution is 0.781. The highest BCUT2D eigenvalue weighted by atomic mass is 35.5. The first-order chi connectivity index (χ1) is 7.72. The van der Waals surface area contributed by atoms with Crippen molar-refractivity contribution in [2.24, 2.45) is 11.7 Å². The van der Waals surface area contributed by atoms with Gasteiger partial charge in [0.1, 0.15) is 0 Å². The van der Waals surface area contributed by atoms with Crippen molar-refractivity contribution in [2.75, 3.05) is 25.0 Å². The fourth-order valence-corrected chi connectivity index (χ4v) is 2.35. The molecule has 0 bridgehead atoms. The molecule has 1 saturated carbocycles. The number of hydrogen-bond acceptors (Lipinski definition) is 2. The van der Waals surface area contributed by atoms with Crippen molar-refractivity contribution < 1.29 is 0 Å². The van der Waals surface area contributed by atoms with Crippen LogP contribution in [-0.4, -0.2) is 20.1 Å². The molecule has 1 fully saturated rings. The van der Waals surface area contributed by atoms with Crippen LogP contribution in [0.3, 0.4) is 0 Å². The van der Waals surface area contributed by atoms with Crippen LogP contribution in [0.1, 0.15) is 18.4 Å². The predicted molar refractivity (Wildman–Crippen MR) is 70.2 cm³/mol. The average Bonchev–Trinajstić information content (AvgIpc) is 3.05. The number of nitrogens with zero attached hydrogens (tertiary/aromatic N) is 1. The second-order valence-electron chi connectivity index (χ2n) is 4.60. The molecule has 3 heteroatoms. The summed E-state index contributed by atoms with van der Waals surface area (Å²) < 4.78 is 0. The number of nitrogens with two attached hydrogens (primary N) is 1. The van der Waals surface area contributed by atoms with Gasteiger partial charge in [0.25, 0.3) is 0 Å². The van der Waals surface area contributed by atoms with Crippen LogP contribution in [0.2, 0.25) is 5.02 Å². The van der Waals surface area contributed by atoms with E-state index in [9.17, 15) is 0 Å². The lowest BCUT2D eigenvalue weighted by atomic mass is 10.1. The van der Waals surface area contributed by atoms with E-state index >= 15 is 0 Å². The van der Waals surface area contributed by atoms with Gasteiger partial charge in [-0.05, 0) is 49.4 Å². The van der Waals surface area contributed by atoms with Crippen molar-refractivity contribution in [3.8, 4) is 0 Å². The summed E-state index contributed by atoms with van der Waals surface area (Å²) in [4.78, 5) is 2.31. The first-order valence-electron chi connectivity index (χ1n) is 5.91. The third-order valence-electron chi connectivity index (χ3n) is 3.13. The van der Waals surface area contributed by atoms with Crippen LogP contribution >= 0.6 is 11.6 Å². The van der Waals surface area contributed by atoms with Gasteiger partial charge in [-0.1, -0.05) is 17.7 Å². The second kappa shape index (κ2) is 5.07. The summed E-state index contributed by atoms with van der Waals surface area (Å²) >= 11 is 6.22. The van der Waals surface area contributed by atoms with Crippen molar-refractivity contribution in [3.63, 3.8) is 0 Å². The van der Waals surface area contributed by atoms with Gasteiger partial charge < -0.3 is 10.6 Å². The van der Waals surface area contributed by atoms with Gasteiger partial charge in [0.15, 0.2) is 0 Å². The first kappa shape index (κ1) is 11.7. The lowest BCUT2D eigenvalue weighted by Crippen LogP contribution is -2.22. The van der Waals surface area contributed by atoms with E-state index in [2.05, 4.69) is 18.0 Å². The highest BCUT2D eigenvalue weighted by molar-refractivity contribution is 6.31. The monoisotopic (exact) mass is 238 g/mol. The molecule has 1 aromatic carbocycles. The Balaban J connectivity index is 2.19. The van der Waals surface area contributed by atoms with Crippen LogP contribution < -0.4 is 10.6 Å². The Morgan fingerprint density at radius 3 is 2.81 bits per heavy atom. The van der Waals surface area contributed by atoms with E-state index in [4.69, 9.17) is 17.3 Å². The van der Waals surface area contributed by atoms with E-state index in [1.54, 1.807) is 0 Å². The highest BCUT2D eigenvalue weighted by Crippen LogP contribution is 2.33. The molecule has 2 N–H and O–H groups in total. The van der Waals surface area contributed by atoms with Crippen LogP contribution in [0.4, 0.5) is 5.69 Å². The van der Waals surface area contributed by atoms with Crippen molar-refractivity contribution in [1.82, 2.24) is 0 Å². The van der Waals surface area contributed by atoms with Crippen LogP contribution in [0, 0.1) is 5.92 Å². The molecular formula is C13H19ClN2. The van der Waals surface area contributed by atoms with Crippen LogP contribution in [-0.2, 0) is 6.42 Å². The molecule has 1 aromatic rings. The molecular weight excluding hydrogens is 220 g/mol. The maximum Gasteiger partial charge on any atom is 0.0459 e. The molecule has 0 aromatic heterocycles. The van der Waals surface area contributed by atoms with Gasteiger partial charge >= 0.3 is 0 Å². The summed E-state index contributed by atoms with van der Waals surface area (Å²) in [5.41, 5.74) is 8.07. The summed E-state index contributed by atoms with van der Waals surface area (Å²) in [5, 5.41) is 0.839. The zero-order chi connectivity index (χ0) is 11.5. The summed E-state index contributed by atoms with van der Waals surface area (Å²) in [6, 6.07) is 6.10. The molecule has 2 rings (SSSR count). The maximum absolute atomic E-state index is 6.22. The zero-order valence-electron chi connectivity index (χ0n) is 9.75. The molecule has 0 radical (unpaired) electrons. The van der Waals surface area contributed by atoms with E-state index in [0.717, 1.165) is 23.9 Å². The lowest BCUT2D eigenvalue weighted by Gasteiger charge is -2.23. The van der Waals surface area contributed by atoms with Gasteiger partial charge in [-0.15, -0.1) is 0 Å². The summed E-state index contributed by atoms with van der Waals surface area (Å²) in [6.45, 7) is 1.78. The maximum atomic E-state index is 6.22. The van der Waals surface area contributed by atoms with Gasteiger partial charge in [-0.2, -0.15) is 0 Å². The van der Waals surface area contributed by atoms with E-state index in [0.29, 0.717) is 6.54 Å².